The van der Waals surface area contributed by atoms with Crippen LogP contribution in [0, 0.1) is 0 Å². The lowest BCUT2D eigenvalue weighted by molar-refractivity contribution is -0.131. The summed E-state index contributed by atoms with van der Waals surface area (Å²) in [6.07, 6.45) is 0. The average molecular weight is 378 g/mol. The number of carbonyl (C=O) groups excluding carboxylic acids is 2. The van der Waals surface area contributed by atoms with Crippen LogP contribution in [0.1, 0.15) is 13.8 Å². The van der Waals surface area contributed by atoms with Crippen LogP contribution in [-0.2, 0) is 9.59 Å². The molecule has 0 aromatic heterocycles. The van der Waals surface area contributed by atoms with Crippen LogP contribution in [0.5, 0.6) is 23.0 Å². The van der Waals surface area contributed by atoms with Crippen molar-refractivity contribution in [1.29, 1.82) is 0 Å². The molecular weight excluding hydrogens is 360 g/mol. The van der Waals surface area contributed by atoms with E-state index in [0.717, 1.165) is 0 Å². The summed E-state index contributed by atoms with van der Waals surface area (Å²) in [5.74, 6) is -1.78. The molecule has 142 valence electrons. The Balaban J connectivity index is 2.20. The molecule has 0 aliphatic heterocycles. The van der Waals surface area contributed by atoms with Gasteiger partial charge in [-0.2, -0.15) is 0 Å². The van der Waals surface area contributed by atoms with Crippen molar-refractivity contribution < 1.29 is 29.3 Å². The molecule has 0 radical (unpaired) electrons. The average Bonchev–Trinajstić information content (AvgIpc) is 2.62. The van der Waals surface area contributed by atoms with Gasteiger partial charge in [-0.05, 0) is 59.7 Å². The Labute approximate surface area is 160 Å². The maximum Gasteiger partial charge on any atom is 0.338 e. The maximum atomic E-state index is 11.8. The molecule has 0 saturated heterocycles. The van der Waals surface area contributed by atoms with Gasteiger partial charge in [0.15, 0.2) is 23.0 Å². The molecule has 0 fully saturated rings. The second-order valence-corrected chi connectivity index (χ2v) is 6.49. The molecule has 2 N–H and O–H groups in total. The minimum absolute atomic E-state index is 0.0263. The second-order valence-electron chi connectivity index (χ2n) is 6.49. The number of phenolic OH excluding ortho intramolecular Hbond substituents is 2. The van der Waals surface area contributed by atoms with Gasteiger partial charge >= 0.3 is 11.9 Å². The van der Waals surface area contributed by atoms with Crippen molar-refractivity contribution in [3.8, 4) is 23.0 Å². The Hall–Kier alpha value is -3.80. The molecule has 0 saturated carbocycles. The lowest BCUT2D eigenvalue weighted by Crippen LogP contribution is -2.08. The highest BCUT2D eigenvalue weighted by Gasteiger charge is 2.15. The molecule has 0 aliphatic rings. The summed E-state index contributed by atoms with van der Waals surface area (Å²) >= 11 is 0. The van der Waals surface area contributed by atoms with Gasteiger partial charge < -0.3 is 19.7 Å². The number of hydrogen-bond acceptors (Lipinski definition) is 6. The fourth-order valence-electron chi connectivity index (χ4n) is 2.63. The van der Waals surface area contributed by atoms with Crippen LogP contribution in [-0.4, -0.2) is 22.2 Å². The topological polar surface area (TPSA) is 93.1 Å². The standard InChI is InChI=1S/C22H18O6/c1-11(2)21(25)27-19-9-15-13(7-17(19)23)5-6-14-8-18(24)20(10-16(14)15)28-22(26)12(3)4/h5-10,23-24H,1,3H2,2,4H3. The predicted octanol–water partition coefficient (Wildman–Crippen LogP) is 4.37. The van der Waals surface area contributed by atoms with Gasteiger partial charge in [0, 0.05) is 11.1 Å². The number of rotatable bonds is 4. The van der Waals surface area contributed by atoms with Crippen molar-refractivity contribution in [2.24, 2.45) is 0 Å². The third-order valence-electron chi connectivity index (χ3n) is 4.10. The first-order valence-corrected chi connectivity index (χ1v) is 8.35. The number of hydrogen-bond donors (Lipinski definition) is 2. The van der Waals surface area contributed by atoms with Gasteiger partial charge in [-0.25, -0.2) is 9.59 Å². The molecule has 6 heteroatoms. The monoisotopic (exact) mass is 378 g/mol. The van der Waals surface area contributed by atoms with Crippen molar-refractivity contribution in [2.45, 2.75) is 13.8 Å². The quantitative estimate of drug-likeness (QED) is 0.303. The lowest BCUT2D eigenvalue weighted by atomic mass is 10.0. The van der Waals surface area contributed by atoms with Gasteiger partial charge in [0.2, 0.25) is 0 Å². The van der Waals surface area contributed by atoms with E-state index in [1.54, 1.807) is 12.1 Å². The van der Waals surface area contributed by atoms with Crippen molar-refractivity contribution >= 4 is 33.5 Å². The number of benzene rings is 3. The van der Waals surface area contributed by atoms with Crippen LogP contribution in [0.3, 0.4) is 0 Å². The van der Waals surface area contributed by atoms with Crippen molar-refractivity contribution in [3.05, 3.63) is 60.7 Å². The number of phenols is 2. The minimum Gasteiger partial charge on any atom is -0.504 e. The highest BCUT2D eigenvalue weighted by atomic mass is 16.5. The SMILES string of the molecule is C=C(C)C(=O)Oc1cc2c(ccc3cc(O)c(OC(=O)C(=C)C)cc32)cc1O. The van der Waals surface area contributed by atoms with Crippen LogP contribution in [0.2, 0.25) is 0 Å². The molecule has 0 atom stereocenters. The summed E-state index contributed by atoms with van der Waals surface area (Å²) in [7, 11) is 0. The van der Waals surface area contributed by atoms with E-state index in [1.807, 2.05) is 0 Å². The molecule has 3 aromatic rings. The highest BCUT2D eigenvalue weighted by molar-refractivity contribution is 6.10. The van der Waals surface area contributed by atoms with E-state index >= 15 is 0 Å². The van der Waals surface area contributed by atoms with Gasteiger partial charge in [-0.3, -0.25) is 0 Å². The van der Waals surface area contributed by atoms with Crippen LogP contribution in [0.4, 0.5) is 0 Å². The van der Waals surface area contributed by atoms with Crippen molar-refractivity contribution in [2.75, 3.05) is 0 Å². The van der Waals surface area contributed by atoms with E-state index in [4.69, 9.17) is 9.47 Å². The summed E-state index contributed by atoms with van der Waals surface area (Å²) in [6, 6.07) is 9.44. The van der Waals surface area contributed by atoms with E-state index in [2.05, 4.69) is 13.2 Å². The smallest absolute Gasteiger partial charge is 0.338 e. The van der Waals surface area contributed by atoms with Crippen molar-refractivity contribution in [1.82, 2.24) is 0 Å². The molecule has 0 unspecified atom stereocenters. The Morgan fingerprint density at radius 2 is 1.11 bits per heavy atom. The summed E-state index contributed by atoms with van der Waals surface area (Å²) < 4.78 is 10.4. The highest BCUT2D eigenvalue weighted by Crippen LogP contribution is 2.39. The number of fused-ring (bicyclic) bond motifs is 3. The second kappa shape index (κ2) is 7.08. The molecule has 0 heterocycles. The fourth-order valence-corrected chi connectivity index (χ4v) is 2.63. The Bertz CT molecular complexity index is 1080. The third-order valence-corrected chi connectivity index (χ3v) is 4.10. The molecule has 0 bridgehead atoms. The number of ether oxygens (including phenoxy) is 2. The van der Waals surface area contributed by atoms with Crippen LogP contribution < -0.4 is 9.47 Å². The van der Waals surface area contributed by atoms with E-state index in [-0.39, 0.29) is 34.1 Å². The fraction of sp³-hybridized carbons (Fsp3) is 0.0909. The molecule has 28 heavy (non-hydrogen) atoms. The predicted molar refractivity (Wildman–Crippen MR) is 106 cm³/mol. The summed E-state index contributed by atoms with van der Waals surface area (Å²) in [4.78, 5) is 23.6. The molecule has 3 aromatic carbocycles. The molecule has 3 rings (SSSR count). The Kier molecular flexibility index (Phi) is 4.79. The lowest BCUT2D eigenvalue weighted by Gasteiger charge is -2.12. The summed E-state index contributed by atoms with van der Waals surface area (Å²) in [5.41, 5.74) is 0.382. The molecule has 0 amide bonds. The van der Waals surface area contributed by atoms with Crippen LogP contribution >= 0.6 is 0 Å². The Morgan fingerprint density at radius 3 is 1.43 bits per heavy atom. The van der Waals surface area contributed by atoms with Gasteiger partial charge in [-0.15, -0.1) is 0 Å². The van der Waals surface area contributed by atoms with E-state index in [1.165, 1.54) is 38.1 Å². The first-order chi connectivity index (χ1) is 13.2. The number of aromatic hydroxyl groups is 2. The normalized spacial score (nSPS) is 10.6. The molecule has 0 aliphatic carbocycles. The molecule has 0 spiro atoms. The zero-order valence-electron chi connectivity index (χ0n) is 15.4. The zero-order chi connectivity index (χ0) is 20.6. The van der Waals surface area contributed by atoms with E-state index < -0.39 is 11.9 Å². The number of esters is 2. The summed E-state index contributed by atoms with van der Waals surface area (Å²) in [5, 5.41) is 22.9. The molecular formula is C22H18O6. The van der Waals surface area contributed by atoms with Gasteiger partial charge in [0.1, 0.15) is 0 Å². The largest absolute Gasteiger partial charge is 0.504 e. The first-order valence-electron chi connectivity index (χ1n) is 8.35. The minimum atomic E-state index is -0.663. The van der Waals surface area contributed by atoms with Gasteiger partial charge in [0.25, 0.3) is 0 Å². The first kappa shape index (κ1) is 19.0. The van der Waals surface area contributed by atoms with E-state index in [0.29, 0.717) is 21.5 Å². The zero-order valence-corrected chi connectivity index (χ0v) is 15.4. The molecule has 6 nitrogen and oxygen atoms in total. The summed E-state index contributed by atoms with van der Waals surface area (Å²) in [6.45, 7) is 10.0. The Morgan fingerprint density at radius 1 is 0.750 bits per heavy atom. The van der Waals surface area contributed by atoms with Crippen LogP contribution in [0.15, 0.2) is 60.7 Å². The van der Waals surface area contributed by atoms with Gasteiger partial charge in [0.05, 0.1) is 0 Å². The maximum absolute atomic E-state index is 11.8. The van der Waals surface area contributed by atoms with Gasteiger partial charge in [-0.1, -0.05) is 25.3 Å². The van der Waals surface area contributed by atoms with Crippen LogP contribution in [0.25, 0.3) is 21.5 Å². The number of carbonyl (C=O) groups is 2. The van der Waals surface area contributed by atoms with E-state index in [9.17, 15) is 19.8 Å². The van der Waals surface area contributed by atoms with Crippen molar-refractivity contribution in [3.63, 3.8) is 0 Å². The third kappa shape index (κ3) is 3.53.